The van der Waals surface area contributed by atoms with Crippen LogP contribution in [0.5, 0.6) is 0 Å². The van der Waals surface area contributed by atoms with E-state index >= 15 is 0 Å². The van der Waals surface area contributed by atoms with E-state index in [2.05, 4.69) is 25.9 Å². The third kappa shape index (κ3) is 2.32. The molecule has 0 atom stereocenters. The van der Waals surface area contributed by atoms with E-state index in [4.69, 9.17) is 4.74 Å². The second kappa shape index (κ2) is 4.47. The zero-order valence-electron chi connectivity index (χ0n) is 10.6. The van der Waals surface area contributed by atoms with Gasteiger partial charge in [-0.3, -0.25) is 0 Å². The average Bonchev–Trinajstić information content (AvgIpc) is 2.50. The van der Waals surface area contributed by atoms with Crippen LogP contribution in [0.1, 0.15) is 26.3 Å². The molecule has 4 heteroatoms. The molecule has 1 aliphatic rings. The van der Waals surface area contributed by atoms with Crippen molar-refractivity contribution < 1.29 is 28.9 Å². The summed E-state index contributed by atoms with van der Waals surface area (Å²) in [6.07, 6.45) is -0.382. The molecule has 0 saturated carbocycles. The van der Waals surface area contributed by atoms with Crippen LogP contribution < -0.4 is 4.90 Å². The molecule has 0 N–H and O–H groups in total. The summed E-state index contributed by atoms with van der Waals surface area (Å²) < 4.78 is 6.39. The van der Waals surface area contributed by atoms with Crippen molar-refractivity contribution in [1.29, 1.82) is 0 Å². The fraction of sp³-hybridized carbons (Fsp3) is 0.286. The van der Waals surface area contributed by atoms with E-state index in [-0.39, 0.29) is 6.09 Å². The van der Waals surface area contributed by atoms with Gasteiger partial charge in [0.25, 0.3) is 0 Å². The van der Waals surface area contributed by atoms with E-state index in [0.29, 0.717) is 5.70 Å². The number of amides is 1. The Bertz CT molecular complexity index is 543. The third-order valence-corrected chi connectivity index (χ3v) is 3.71. The van der Waals surface area contributed by atoms with E-state index in [0.717, 1.165) is 15.1 Å². The van der Waals surface area contributed by atoms with Crippen molar-refractivity contribution in [3.63, 3.8) is 0 Å². The minimum atomic E-state index is -0.513. The summed E-state index contributed by atoms with van der Waals surface area (Å²) in [5.74, 6) is 0. The monoisotopic (exact) mass is 424 g/mol. The van der Waals surface area contributed by atoms with Crippen LogP contribution in [0.15, 0.2) is 36.5 Å². The number of anilines is 1. The molecule has 1 heterocycles. The molecule has 18 heavy (non-hydrogen) atoms. The summed E-state index contributed by atoms with van der Waals surface area (Å²) in [5.41, 5.74) is 2.02. The molecule has 3 nitrogen and oxygen atoms in total. The number of hydrogen-bond acceptors (Lipinski definition) is 2. The molecule has 1 amide bonds. The summed E-state index contributed by atoms with van der Waals surface area (Å²) in [5, 5.41) is 0. The van der Waals surface area contributed by atoms with Gasteiger partial charge in [-0.1, -0.05) is 0 Å². The maximum atomic E-state index is 12.2. The van der Waals surface area contributed by atoms with Gasteiger partial charge in [-0.25, -0.2) is 0 Å². The van der Waals surface area contributed by atoms with E-state index < -0.39 is 5.60 Å². The Hall–Kier alpha value is -1.21. The molecule has 1 aromatic carbocycles. The predicted molar refractivity (Wildman–Crippen MR) is 68.4 cm³/mol. The first-order valence-electron chi connectivity index (χ1n) is 5.62. The molecule has 0 fully saturated rings. The topological polar surface area (TPSA) is 29.5 Å². The van der Waals surface area contributed by atoms with Crippen molar-refractivity contribution in [3.05, 3.63) is 42.1 Å². The van der Waals surface area contributed by atoms with Gasteiger partial charge in [0.15, 0.2) is 0 Å². The minimum absolute atomic E-state index is 0.382. The second-order valence-corrected chi connectivity index (χ2v) is 6.20. The summed E-state index contributed by atoms with van der Waals surface area (Å²) in [6.45, 7) is 9.52. The number of benzene rings is 1. The van der Waals surface area contributed by atoms with Gasteiger partial charge in [0.2, 0.25) is 0 Å². The molecule has 2 rings (SSSR count). The standard InChI is InChI=1S/C14H15NO2.Pt/c1-10-9-11-7-5-6-8-12(11)15(10)13(16)17-14(2,3)4;/h5-8H,1H2,2-4H3;. The summed E-state index contributed by atoms with van der Waals surface area (Å²) in [7, 11) is 0. The van der Waals surface area contributed by atoms with Crippen LogP contribution in [0.3, 0.4) is 0 Å². The molecular formula is C14H15NO2Pt. The Morgan fingerprint density at radius 1 is 1.33 bits per heavy atom. The number of nitrogens with zero attached hydrogens (tertiary/aromatic N) is 1. The Morgan fingerprint density at radius 2 is 1.94 bits per heavy atom. The maximum absolute atomic E-state index is 12.2. The van der Waals surface area contributed by atoms with Crippen molar-refractivity contribution in [2.45, 2.75) is 26.4 Å². The average molecular weight is 424 g/mol. The van der Waals surface area contributed by atoms with E-state index in [1.165, 1.54) is 4.90 Å². The van der Waals surface area contributed by atoms with Gasteiger partial charge in [0.1, 0.15) is 0 Å². The first-order valence-corrected chi connectivity index (χ1v) is 6.76. The molecule has 0 aliphatic carbocycles. The third-order valence-electron chi connectivity index (χ3n) is 2.45. The van der Waals surface area contributed by atoms with Crippen molar-refractivity contribution in [2.24, 2.45) is 0 Å². The van der Waals surface area contributed by atoms with Crippen LogP contribution in [0.4, 0.5) is 10.5 Å². The van der Waals surface area contributed by atoms with Gasteiger partial charge in [-0.2, -0.15) is 0 Å². The van der Waals surface area contributed by atoms with Crippen LogP contribution in [0.25, 0.3) is 0 Å². The van der Waals surface area contributed by atoms with Crippen molar-refractivity contribution >= 4 is 15.7 Å². The Balaban J connectivity index is 2.38. The van der Waals surface area contributed by atoms with Gasteiger partial charge < -0.3 is 0 Å². The van der Waals surface area contributed by atoms with Crippen molar-refractivity contribution in [2.75, 3.05) is 4.90 Å². The van der Waals surface area contributed by atoms with Crippen LogP contribution in [-0.2, 0) is 24.1 Å². The van der Waals surface area contributed by atoms with Gasteiger partial charge in [0.05, 0.1) is 0 Å². The van der Waals surface area contributed by atoms with Crippen LogP contribution >= 0.6 is 0 Å². The molecule has 1 aliphatic heterocycles. The Labute approximate surface area is 118 Å². The second-order valence-electron chi connectivity index (χ2n) is 5.06. The number of hydrogen-bond donors (Lipinski definition) is 0. The van der Waals surface area contributed by atoms with E-state index in [9.17, 15) is 4.79 Å². The number of ether oxygens (including phenoxy) is 1. The molecule has 0 spiro atoms. The van der Waals surface area contributed by atoms with Crippen molar-refractivity contribution in [3.8, 4) is 0 Å². The van der Waals surface area contributed by atoms with E-state index in [1.807, 2.05) is 45.0 Å². The van der Waals surface area contributed by atoms with Crippen LogP contribution in [-0.4, -0.2) is 15.6 Å². The number of carbonyl (C=O) groups is 1. The zero-order valence-corrected chi connectivity index (χ0v) is 12.9. The number of rotatable bonds is 0. The fourth-order valence-corrected chi connectivity index (χ4v) is 2.48. The van der Waals surface area contributed by atoms with Gasteiger partial charge in [0, 0.05) is 0 Å². The quantitative estimate of drug-likeness (QED) is 0.641. The molecule has 0 unspecified atom stereocenters. The Kier molecular flexibility index (Phi) is 3.29. The Morgan fingerprint density at radius 3 is 2.56 bits per heavy atom. The molecular weight excluding hydrogens is 409 g/mol. The van der Waals surface area contributed by atoms with Gasteiger partial charge >= 0.3 is 118 Å². The predicted octanol–water partition coefficient (Wildman–Crippen LogP) is 3.02. The summed E-state index contributed by atoms with van der Waals surface area (Å²) in [6, 6.07) is 7.73. The van der Waals surface area contributed by atoms with E-state index in [1.54, 1.807) is 0 Å². The van der Waals surface area contributed by atoms with Crippen LogP contribution in [0, 0.1) is 0 Å². The molecule has 0 radical (unpaired) electrons. The molecule has 0 aromatic heterocycles. The van der Waals surface area contributed by atoms with Crippen molar-refractivity contribution in [1.82, 2.24) is 0 Å². The SMILES string of the molecule is C=C1[C](=[Pt])c2ccccc2N1C(=O)OC(C)(C)C. The number of carbonyl (C=O) groups excluding carboxylic acids is 1. The van der Waals surface area contributed by atoms with Crippen LogP contribution in [0.2, 0.25) is 0 Å². The first-order chi connectivity index (χ1) is 8.31. The number of fused-ring (bicyclic) bond motifs is 1. The van der Waals surface area contributed by atoms with Gasteiger partial charge in [-0.15, -0.1) is 0 Å². The van der Waals surface area contributed by atoms with Gasteiger partial charge in [-0.05, 0) is 0 Å². The molecule has 0 saturated heterocycles. The molecule has 0 bridgehead atoms. The number of allylic oxidation sites excluding steroid dienone is 1. The molecule has 98 valence electrons. The summed E-state index contributed by atoms with van der Waals surface area (Å²) in [4.78, 5) is 13.7. The normalized spacial score (nSPS) is 14.8. The first kappa shape index (κ1) is 13.2. The molecule has 1 aromatic rings. The summed E-state index contributed by atoms with van der Waals surface area (Å²) >= 11 is 2.19. The number of para-hydroxylation sites is 1. The zero-order chi connectivity index (χ0) is 13.5. The fourth-order valence-electron chi connectivity index (χ4n) is 1.75.